The zero-order valence-electron chi connectivity index (χ0n) is 11.5. The van der Waals surface area contributed by atoms with Crippen molar-refractivity contribution >= 4 is 0 Å². The second kappa shape index (κ2) is 7.30. The summed E-state index contributed by atoms with van der Waals surface area (Å²) in [4.78, 5) is 0. The molecule has 0 rings (SSSR count). The van der Waals surface area contributed by atoms with E-state index in [1.54, 1.807) is 0 Å². The molecule has 0 spiro atoms. The molecule has 0 aromatic heterocycles. The van der Waals surface area contributed by atoms with Gasteiger partial charge in [0.2, 0.25) is 0 Å². The Morgan fingerprint density at radius 2 is 0.467 bits per heavy atom. The highest BCUT2D eigenvalue weighted by atomic mass is 14.3. The van der Waals surface area contributed by atoms with Crippen LogP contribution in [-0.4, -0.2) is 0 Å². The van der Waals surface area contributed by atoms with Crippen LogP contribution in [0.15, 0.2) is 0 Å². The third-order valence-corrected chi connectivity index (χ3v) is 2.25. The molecule has 0 heteroatoms. The predicted molar refractivity (Wildman–Crippen MR) is 77.5 cm³/mol. The largest absolute Gasteiger partial charge is 0.0776 e. The molecule has 0 amide bonds. The lowest BCUT2D eigenvalue weighted by molar-refractivity contribution is 0.157. The van der Waals surface area contributed by atoms with Gasteiger partial charge >= 0.3 is 0 Å². The SMILES string of the molecule is C.C.CC(C)(C)C.CC(C)(C)C(C)(C)C. The molecule has 98 valence electrons. The molecule has 0 aromatic carbocycles. The molecule has 0 radical (unpaired) electrons. The Balaban J connectivity index is -0.0000000770. The minimum atomic E-state index is 0. The Bertz CT molecular complexity index is 104. The summed E-state index contributed by atoms with van der Waals surface area (Å²) in [5, 5.41) is 0. The monoisotopic (exact) mass is 218 g/mol. The van der Waals surface area contributed by atoms with Gasteiger partial charge in [-0.2, -0.15) is 0 Å². The van der Waals surface area contributed by atoms with Crippen LogP contribution in [0.3, 0.4) is 0 Å². The highest BCUT2D eigenvalue weighted by molar-refractivity contribution is 4.77. The van der Waals surface area contributed by atoms with Crippen molar-refractivity contribution in [3.8, 4) is 0 Å². The Morgan fingerprint density at radius 3 is 0.467 bits per heavy atom. The Kier molecular flexibility index (Phi) is 11.8. The fourth-order valence-corrected chi connectivity index (χ4v) is 0. The van der Waals surface area contributed by atoms with Crippen molar-refractivity contribution in [3.63, 3.8) is 0 Å². The van der Waals surface area contributed by atoms with Crippen LogP contribution in [0.1, 0.15) is 84.1 Å². The molecular weight excluding hydrogens is 180 g/mol. The van der Waals surface area contributed by atoms with Gasteiger partial charge in [0.15, 0.2) is 0 Å². The first-order valence-electron chi connectivity index (χ1n) is 5.25. The molecule has 0 saturated carbocycles. The quantitative estimate of drug-likeness (QED) is 0.441. The lowest BCUT2D eigenvalue weighted by Gasteiger charge is -2.34. The first-order valence-corrected chi connectivity index (χ1v) is 5.25. The van der Waals surface area contributed by atoms with E-state index in [1.807, 2.05) is 0 Å². The molecule has 0 unspecified atom stereocenters. The molecular formula is C15H38. The molecule has 0 saturated heterocycles. The summed E-state index contributed by atoms with van der Waals surface area (Å²) in [6, 6.07) is 0. The summed E-state index contributed by atoms with van der Waals surface area (Å²) < 4.78 is 0. The van der Waals surface area contributed by atoms with E-state index in [0.717, 1.165) is 0 Å². The molecule has 0 bridgehead atoms. The van der Waals surface area contributed by atoms with Gasteiger partial charge in [-0.15, -0.1) is 0 Å². The molecule has 0 aliphatic rings. The Hall–Kier alpha value is 0. The van der Waals surface area contributed by atoms with E-state index in [2.05, 4.69) is 69.2 Å². The summed E-state index contributed by atoms with van der Waals surface area (Å²) in [5.74, 6) is 0. The van der Waals surface area contributed by atoms with Crippen LogP contribution in [0.4, 0.5) is 0 Å². The third-order valence-electron chi connectivity index (χ3n) is 2.25. The fraction of sp³-hybridized carbons (Fsp3) is 1.00. The fourth-order valence-electron chi connectivity index (χ4n) is 0. The predicted octanol–water partition coefficient (Wildman–Crippen LogP) is 6.40. The normalized spacial score (nSPS) is 11.6. The first-order chi connectivity index (χ1) is 5.25. The summed E-state index contributed by atoms with van der Waals surface area (Å²) in [7, 11) is 0. The van der Waals surface area contributed by atoms with Crippen LogP contribution < -0.4 is 0 Å². The summed E-state index contributed by atoms with van der Waals surface area (Å²) >= 11 is 0. The molecule has 0 nitrogen and oxygen atoms in total. The van der Waals surface area contributed by atoms with Crippen molar-refractivity contribution in [3.05, 3.63) is 0 Å². The number of hydrogen-bond donors (Lipinski definition) is 0. The van der Waals surface area contributed by atoms with Crippen molar-refractivity contribution in [1.29, 1.82) is 0 Å². The first kappa shape index (κ1) is 24.3. The maximum atomic E-state index is 2.27. The average Bonchev–Trinajstić information content (AvgIpc) is 1.50. The van der Waals surface area contributed by atoms with Gasteiger partial charge in [-0.05, 0) is 16.2 Å². The van der Waals surface area contributed by atoms with Crippen LogP contribution in [0.2, 0.25) is 0 Å². The van der Waals surface area contributed by atoms with Crippen LogP contribution >= 0.6 is 0 Å². The zero-order valence-corrected chi connectivity index (χ0v) is 11.5. The van der Waals surface area contributed by atoms with Crippen LogP contribution in [0.5, 0.6) is 0 Å². The summed E-state index contributed by atoms with van der Waals surface area (Å²) in [6.07, 6.45) is 0. The smallest absolute Gasteiger partial charge is 0.0334 e. The minimum Gasteiger partial charge on any atom is -0.0776 e. The second-order valence-corrected chi connectivity index (χ2v) is 7.50. The van der Waals surface area contributed by atoms with Gasteiger partial charge in [-0.1, -0.05) is 84.1 Å². The zero-order chi connectivity index (χ0) is 11.5. The molecule has 0 aliphatic carbocycles. The van der Waals surface area contributed by atoms with E-state index in [1.165, 1.54) is 0 Å². The van der Waals surface area contributed by atoms with E-state index in [9.17, 15) is 0 Å². The maximum absolute atomic E-state index is 2.27. The van der Waals surface area contributed by atoms with Crippen LogP contribution in [0.25, 0.3) is 0 Å². The molecule has 0 aliphatic heterocycles. The molecule has 0 heterocycles. The van der Waals surface area contributed by atoms with Crippen molar-refractivity contribution in [2.24, 2.45) is 16.2 Å². The Labute approximate surface area is 101 Å². The van der Waals surface area contributed by atoms with Gasteiger partial charge in [-0.25, -0.2) is 0 Å². The van der Waals surface area contributed by atoms with E-state index in [0.29, 0.717) is 16.2 Å². The van der Waals surface area contributed by atoms with Crippen molar-refractivity contribution < 1.29 is 0 Å². The lowest BCUT2D eigenvalue weighted by Crippen LogP contribution is -2.25. The van der Waals surface area contributed by atoms with E-state index < -0.39 is 0 Å². The van der Waals surface area contributed by atoms with Gasteiger partial charge in [0, 0.05) is 0 Å². The molecule has 0 atom stereocenters. The summed E-state index contributed by atoms with van der Waals surface area (Å²) in [5.41, 5.74) is 1.38. The number of rotatable bonds is 0. The van der Waals surface area contributed by atoms with E-state index in [-0.39, 0.29) is 14.9 Å². The third kappa shape index (κ3) is 24.9. The highest BCUT2D eigenvalue weighted by Crippen LogP contribution is 2.36. The minimum absolute atomic E-state index is 0. The van der Waals surface area contributed by atoms with Gasteiger partial charge in [-0.3, -0.25) is 0 Å². The lowest BCUT2D eigenvalue weighted by atomic mass is 9.71. The van der Waals surface area contributed by atoms with Crippen LogP contribution in [-0.2, 0) is 0 Å². The second-order valence-electron chi connectivity index (χ2n) is 7.50. The molecule has 15 heavy (non-hydrogen) atoms. The number of hydrogen-bond acceptors (Lipinski definition) is 0. The van der Waals surface area contributed by atoms with Gasteiger partial charge in [0.05, 0.1) is 0 Å². The molecule has 0 fully saturated rings. The maximum Gasteiger partial charge on any atom is -0.0334 e. The van der Waals surface area contributed by atoms with E-state index in [4.69, 9.17) is 0 Å². The van der Waals surface area contributed by atoms with Gasteiger partial charge < -0.3 is 0 Å². The van der Waals surface area contributed by atoms with Crippen molar-refractivity contribution in [2.45, 2.75) is 84.1 Å². The summed E-state index contributed by atoms with van der Waals surface area (Å²) in [6.45, 7) is 22.4. The highest BCUT2D eigenvalue weighted by Gasteiger charge is 2.26. The standard InChI is InChI=1S/C8H18.C5H12.2CH4/c1-7(2,3)8(4,5)6;1-5(2,3)4;;/h1-6H3;1-4H3;2*1H4. The van der Waals surface area contributed by atoms with Gasteiger partial charge in [0.25, 0.3) is 0 Å². The van der Waals surface area contributed by atoms with Gasteiger partial charge in [0.1, 0.15) is 0 Å². The molecule has 0 aromatic rings. The Morgan fingerprint density at radius 1 is 0.400 bits per heavy atom. The van der Waals surface area contributed by atoms with Crippen LogP contribution in [0, 0.1) is 16.2 Å². The molecule has 0 N–H and O–H groups in total. The van der Waals surface area contributed by atoms with E-state index >= 15 is 0 Å². The van der Waals surface area contributed by atoms with Crippen molar-refractivity contribution in [1.82, 2.24) is 0 Å². The average molecular weight is 218 g/mol. The van der Waals surface area contributed by atoms with Crippen molar-refractivity contribution in [2.75, 3.05) is 0 Å². The topological polar surface area (TPSA) is 0 Å².